The topological polar surface area (TPSA) is 164 Å². The van der Waals surface area contributed by atoms with E-state index in [1.165, 1.54) is 4.90 Å². The summed E-state index contributed by atoms with van der Waals surface area (Å²) >= 11 is 0. The normalized spacial score (nSPS) is 30.7. The number of phenolic OH excluding ortho intramolecular Hbond substituents is 1. The van der Waals surface area contributed by atoms with Gasteiger partial charge in [-0.3, -0.25) is 28.9 Å². The number of primary amides is 1. The molecule has 0 aromatic heterocycles. The number of aliphatic hydroxyl groups is 1. The molecule has 0 radical (unpaired) electrons. The third-order valence-electron chi connectivity index (χ3n) is 8.34. The molecule has 1 amide bonds. The average Bonchev–Trinajstić information content (AvgIpc) is 2.85. The second-order valence-corrected chi connectivity index (χ2v) is 10.7. The number of ketones is 4. The van der Waals surface area contributed by atoms with Crippen molar-refractivity contribution in [2.24, 2.45) is 29.4 Å². The Labute approximate surface area is 218 Å². The number of aromatic hydroxyl groups is 1. The highest BCUT2D eigenvalue weighted by Crippen LogP contribution is 2.53. The van der Waals surface area contributed by atoms with Crippen LogP contribution in [0.15, 0.2) is 24.3 Å². The first-order chi connectivity index (χ1) is 18.0. The van der Waals surface area contributed by atoms with Gasteiger partial charge in [0.2, 0.25) is 5.91 Å². The highest BCUT2D eigenvalue weighted by Gasteiger charge is 2.69. The second-order valence-electron chi connectivity index (χ2n) is 10.7. The van der Waals surface area contributed by atoms with Crippen LogP contribution in [-0.2, 0) is 25.6 Å². The molecule has 200 valence electrons. The zero-order valence-corrected chi connectivity index (χ0v) is 21.4. The van der Waals surface area contributed by atoms with Gasteiger partial charge in [-0.25, -0.2) is 0 Å². The van der Waals surface area contributed by atoms with E-state index < -0.39 is 64.4 Å². The van der Waals surface area contributed by atoms with Gasteiger partial charge in [-0.15, -0.1) is 0 Å². The number of Topliss-reactive ketones (excluding diaryl/α,β-unsaturated/α-hetero) is 4. The van der Waals surface area contributed by atoms with Crippen molar-refractivity contribution in [1.82, 2.24) is 4.90 Å². The lowest BCUT2D eigenvalue weighted by molar-refractivity contribution is -0.181. The maximum Gasteiger partial charge on any atom is 0.235 e. The number of amides is 1. The number of benzene rings is 2. The number of hydrogen-bond donors (Lipinski definition) is 3. The van der Waals surface area contributed by atoms with Crippen LogP contribution >= 0.6 is 0 Å². The van der Waals surface area contributed by atoms with Crippen molar-refractivity contribution in [3.63, 3.8) is 0 Å². The molecular weight excluding hydrogens is 492 g/mol. The van der Waals surface area contributed by atoms with Gasteiger partial charge in [0, 0.05) is 22.3 Å². The minimum Gasteiger partial charge on any atom is -0.507 e. The van der Waals surface area contributed by atoms with Crippen LogP contribution in [0.2, 0.25) is 0 Å². The van der Waals surface area contributed by atoms with Gasteiger partial charge in [0.25, 0.3) is 0 Å². The number of ether oxygens (including phenoxy) is 1. The predicted molar refractivity (Wildman–Crippen MR) is 135 cm³/mol. The molecule has 0 aliphatic heterocycles. The van der Waals surface area contributed by atoms with Crippen LogP contribution in [0.1, 0.15) is 35.7 Å². The van der Waals surface area contributed by atoms with Crippen molar-refractivity contribution >= 4 is 39.8 Å². The van der Waals surface area contributed by atoms with Crippen molar-refractivity contribution < 1.29 is 38.9 Å². The Morgan fingerprint density at radius 2 is 1.79 bits per heavy atom. The van der Waals surface area contributed by atoms with E-state index in [2.05, 4.69) is 0 Å². The Morgan fingerprint density at radius 1 is 1.13 bits per heavy atom. The molecule has 2 saturated carbocycles. The molecule has 0 bridgehead atoms. The number of nitrogens with zero attached hydrogens (tertiary/aromatic N) is 1. The fraction of sp³-hybridized carbons (Fsp3) is 0.464. The number of fused-ring (bicyclic) bond motifs is 4. The fourth-order valence-corrected chi connectivity index (χ4v) is 6.75. The molecule has 2 unspecified atom stereocenters. The summed E-state index contributed by atoms with van der Waals surface area (Å²) in [5.74, 6) is -10.2. The van der Waals surface area contributed by atoms with Gasteiger partial charge in [-0.1, -0.05) is 31.2 Å². The Balaban J connectivity index is 1.70. The molecule has 10 heteroatoms. The zero-order valence-electron chi connectivity index (χ0n) is 21.4. The number of nitrogens with two attached hydrogens (primary N) is 1. The Kier molecular flexibility index (Phi) is 6.15. The molecule has 4 N–H and O–H groups in total. The van der Waals surface area contributed by atoms with E-state index in [0.29, 0.717) is 35.1 Å². The summed E-state index contributed by atoms with van der Waals surface area (Å²) in [5, 5.41) is 23.9. The first-order valence-electron chi connectivity index (χ1n) is 12.7. The predicted octanol–water partition coefficient (Wildman–Crippen LogP) is 0.809. The summed E-state index contributed by atoms with van der Waals surface area (Å²) in [5.41, 5.74) is 3.00. The number of carbonyl (C=O) groups excluding carboxylic acids is 5. The minimum absolute atomic E-state index is 0.00922. The Morgan fingerprint density at radius 3 is 2.39 bits per heavy atom. The van der Waals surface area contributed by atoms with Gasteiger partial charge in [0.05, 0.1) is 24.1 Å². The maximum absolute atomic E-state index is 13.9. The van der Waals surface area contributed by atoms with Gasteiger partial charge in [0.1, 0.15) is 11.5 Å². The quantitative estimate of drug-likeness (QED) is 0.482. The summed E-state index contributed by atoms with van der Waals surface area (Å²) < 4.78 is 6.07. The molecule has 2 fully saturated rings. The number of phenols is 1. The molecule has 5 rings (SSSR count). The SMILES string of the molecule is CCCOc1c2c(c(O)c3ccccc13)C(=O)C1C(=O)[C@]3(O)C(=O)C(C(N)=O)C(=O)[C@@H](N(C)C)[C@@H]3C[C@@H]1C2. The van der Waals surface area contributed by atoms with Crippen molar-refractivity contribution in [3.8, 4) is 11.5 Å². The van der Waals surface area contributed by atoms with Crippen LogP contribution in [0, 0.1) is 23.7 Å². The molecule has 0 heterocycles. The van der Waals surface area contributed by atoms with Gasteiger partial charge in [-0.05, 0) is 39.3 Å². The highest BCUT2D eigenvalue weighted by molar-refractivity contribution is 6.32. The van der Waals surface area contributed by atoms with Crippen LogP contribution in [0.25, 0.3) is 10.8 Å². The third-order valence-corrected chi connectivity index (χ3v) is 8.34. The number of likely N-dealkylation sites (N-methyl/N-ethyl adjacent to an activating group) is 1. The van der Waals surface area contributed by atoms with Gasteiger partial charge < -0.3 is 20.7 Å². The molecule has 2 aromatic rings. The summed E-state index contributed by atoms with van der Waals surface area (Å²) in [4.78, 5) is 68.0. The van der Waals surface area contributed by atoms with Gasteiger partial charge >= 0.3 is 0 Å². The number of hydrogen-bond acceptors (Lipinski definition) is 9. The summed E-state index contributed by atoms with van der Waals surface area (Å²) in [6.07, 6.45) is 0.849. The second kappa shape index (κ2) is 8.99. The molecule has 3 aliphatic rings. The first kappa shape index (κ1) is 26.0. The van der Waals surface area contributed by atoms with Gasteiger partial charge in [-0.2, -0.15) is 0 Å². The summed E-state index contributed by atoms with van der Waals surface area (Å²) in [6.45, 7) is 2.31. The van der Waals surface area contributed by atoms with E-state index in [1.807, 2.05) is 6.92 Å². The van der Waals surface area contributed by atoms with E-state index in [9.17, 15) is 34.2 Å². The molecule has 3 aliphatic carbocycles. The van der Waals surface area contributed by atoms with Crippen LogP contribution < -0.4 is 10.5 Å². The van der Waals surface area contributed by atoms with Crippen LogP contribution in [0.4, 0.5) is 0 Å². The molecule has 0 saturated heterocycles. The highest BCUT2D eigenvalue weighted by atomic mass is 16.5. The molecular formula is C28H30N2O8. The monoisotopic (exact) mass is 522 g/mol. The molecule has 0 spiro atoms. The van der Waals surface area contributed by atoms with Crippen molar-refractivity contribution in [1.29, 1.82) is 0 Å². The lowest BCUT2D eigenvalue weighted by Crippen LogP contribution is -2.74. The Bertz CT molecular complexity index is 1420. The minimum atomic E-state index is -2.75. The average molecular weight is 523 g/mol. The summed E-state index contributed by atoms with van der Waals surface area (Å²) in [6, 6.07) is 5.78. The molecule has 2 aromatic carbocycles. The third kappa shape index (κ3) is 3.36. The Hall–Kier alpha value is -3.63. The first-order valence-corrected chi connectivity index (χ1v) is 12.7. The van der Waals surface area contributed by atoms with Crippen molar-refractivity contribution in [2.75, 3.05) is 20.7 Å². The number of carbonyl (C=O) groups is 5. The largest absolute Gasteiger partial charge is 0.507 e. The molecule has 38 heavy (non-hydrogen) atoms. The van der Waals surface area contributed by atoms with E-state index in [1.54, 1.807) is 38.4 Å². The van der Waals surface area contributed by atoms with Crippen LogP contribution in [0.3, 0.4) is 0 Å². The van der Waals surface area contributed by atoms with Crippen LogP contribution in [-0.4, -0.2) is 76.5 Å². The standard InChI is InChI=1S/C28H30N2O8/c1-4-9-38-24-14-8-6-5-7-13(14)21(31)18-15(24)10-12-11-16-20(30(2)3)23(33)19(27(29)36)26(35)28(16,37)25(34)17(12)22(18)32/h5-8,12,16-17,19-20,31,37H,4,9-11H2,1-3H3,(H2,29,36)/t12-,16-,17?,19?,20-,28-/m0/s1. The van der Waals surface area contributed by atoms with E-state index in [0.717, 1.165) is 0 Å². The van der Waals surface area contributed by atoms with E-state index in [4.69, 9.17) is 10.5 Å². The van der Waals surface area contributed by atoms with Crippen molar-refractivity contribution in [3.05, 3.63) is 35.4 Å². The lowest BCUT2D eigenvalue weighted by Gasteiger charge is -2.52. The van der Waals surface area contributed by atoms with Crippen LogP contribution in [0.5, 0.6) is 11.5 Å². The summed E-state index contributed by atoms with van der Waals surface area (Å²) in [7, 11) is 3.10. The van der Waals surface area contributed by atoms with E-state index >= 15 is 0 Å². The fourth-order valence-electron chi connectivity index (χ4n) is 6.75. The molecule has 6 atom stereocenters. The van der Waals surface area contributed by atoms with E-state index in [-0.39, 0.29) is 24.2 Å². The smallest absolute Gasteiger partial charge is 0.235 e. The molecule has 10 nitrogen and oxygen atoms in total. The number of rotatable bonds is 5. The lowest BCUT2D eigenvalue weighted by atomic mass is 9.52. The van der Waals surface area contributed by atoms with Crippen molar-refractivity contribution in [2.45, 2.75) is 37.8 Å². The zero-order chi connectivity index (χ0) is 27.7. The maximum atomic E-state index is 13.9. The van der Waals surface area contributed by atoms with Gasteiger partial charge in [0.15, 0.2) is 34.7 Å².